The third-order valence-electron chi connectivity index (χ3n) is 5.47. The second kappa shape index (κ2) is 6.92. The van der Waals surface area contributed by atoms with Gasteiger partial charge in [-0.15, -0.1) is 0 Å². The van der Waals surface area contributed by atoms with Gasteiger partial charge in [0.2, 0.25) is 0 Å². The zero-order chi connectivity index (χ0) is 20.8. The molecule has 6 heterocycles. The van der Waals surface area contributed by atoms with Crippen molar-refractivity contribution in [1.82, 2.24) is 24.9 Å². The summed E-state index contributed by atoms with van der Waals surface area (Å²) in [7, 11) is 0. The van der Waals surface area contributed by atoms with Crippen molar-refractivity contribution < 1.29 is 0 Å². The zero-order valence-electron chi connectivity index (χ0n) is 16.9. The summed E-state index contributed by atoms with van der Waals surface area (Å²) in [5.41, 5.74) is 10.9. The molecular formula is C26H19N5. The Bertz CT molecular complexity index is 1550. The molecule has 2 aliphatic heterocycles. The van der Waals surface area contributed by atoms with Crippen LogP contribution >= 0.6 is 0 Å². The lowest BCUT2D eigenvalue weighted by Gasteiger charge is -2.02. The Balaban J connectivity index is 1.69. The van der Waals surface area contributed by atoms with E-state index in [2.05, 4.69) is 56.3 Å². The van der Waals surface area contributed by atoms with Crippen molar-refractivity contribution >= 4 is 46.4 Å². The molecule has 4 aromatic heterocycles. The van der Waals surface area contributed by atoms with Gasteiger partial charge >= 0.3 is 0 Å². The van der Waals surface area contributed by atoms with E-state index in [0.29, 0.717) is 0 Å². The van der Waals surface area contributed by atoms with Gasteiger partial charge < -0.3 is 9.97 Å². The second-order valence-electron chi connectivity index (χ2n) is 7.72. The van der Waals surface area contributed by atoms with Gasteiger partial charge in [-0.05, 0) is 79.8 Å². The molecule has 0 unspecified atom stereocenters. The number of aryl methyl sites for hydroxylation is 1. The van der Waals surface area contributed by atoms with E-state index in [9.17, 15) is 0 Å². The molecule has 8 bridgehead atoms. The monoisotopic (exact) mass is 401 g/mol. The van der Waals surface area contributed by atoms with Crippen LogP contribution in [0.1, 0.15) is 28.5 Å². The third-order valence-corrected chi connectivity index (χ3v) is 5.47. The first-order valence-corrected chi connectivity index (χ1v) is 10.2. The van der Waals surface area contributed by atoms with Gasteiger partial charge in [-0.3, -0.25) is 4.98 Å². The van der Waals surface area contributed by atoms with Crippen LogP contribution in [-0.2, 0) is 0 Å². The maximum Gasteiger partial charge on any atom is 0.0659 e. The minimum atomic E-state index is 0.891. The van der Waals surface area contributed by atoms with Crippen molar-refractivity contribution in [2.75, 3.05) is 0 Å². The number of pyridine rings is 1. The van der Waals surface area contributed by atoms with E-state index in [1.165, 1.54) is 0 Å². The average Bonchev–Trinajstić information content (AvgIpc) is 3.53. The quantitative estimate of drug-likeness (QED) is 0.354. The molecule has 5 nitrogen and oxygen atoms in total. The number of aromatic nitrogens is 5. The highest BCUT2D eigenvalue weighted by Crippen LogP contribution is 2.29. The Hall–Kier alpha value is -4.25. The molecule has 0 aromatic carbocycles. The number of hydrogen-bond acceptors (Lipinski definition) is 3. The van der Waals surface area contributed by atoms with Crippen molar-refractivity contribution in [1.29, 1.82) is 0 Å². The van der Waals surface area contributed by atoms with Gasteiger partial charge in [-0.1, -0.05) is 6.07 Å². The number of fused-ring (bicyclic) bond motifs is 8. The van der Waals surface area contributed by atoms with Crippen molar-refractivity contribution in [3.63, 3.8) is 0 Å². The molecule has 0 aliphatic carbocycles. The molecule has 6 rings (SSSR count). The number of rotatable bonds is 1. The Labute approximate surface area is 178 Å². The highest BCUT2D eigenvalue weighted by atomic mass is 14.8. The Kier molecular flexibility index (Phi) is 3.93. The van der Waals surface area contributed by atoms with Crippen molar-refractivity contribution in [3.8, 4) is 11.1 Å². The Morgan fingerprint density at radius 3 is 2.03 bits per heavy atom. The molecule has 4 aromatic rings. The van der Waals surface area contributed by atoms with Crippen molar-refractivity contribution in [3.05, 3.63) is 89.3 Å². The Morgan fingerprint density at radius 2 is 1.29 bits per heavy atom. The first kappa shape index (κ1) is 17.6. The fourth-order valence-corrected chi connectivity index (χ4v) is 4.01. The number of aromatic amines is 2. The summed E-state index contributed by atoms with van der Waals surface area (Å²) in [6, 6.07) is 18.6. The number of H-pyrrole nitrogens is 2. The van der Waals surface area contributed by atoms with E-state index in [1.807, 2.05) is 55.6 Å². The molecule has 0 atom stereocenters. The van der Waals surface area contributed by atoms with Gasteiger partial charge in [-0.2, -0.15) is 0 Å². The SMILES string of the molecule is Cc1ncccc1-c1cc2cc3ccc(cc4nc(cc5nc(cc1[nH]2)C=C5)C=C4)[nH]3. The summed E-state index contributed by atoms with van der Waals surface area (Å²) in [5.74, 6) is 0. The molecule has 5 heteroatoms. The van der Waals surface area contributed by atoms with Gasteiger partial charge in [-0.25, -0.2) is 9.97 Å². The highest BCUT2D eigenvalue weighted by molar-refractivity contribution is 5.88. The van der Waals surface area contributed by atoms with Gasteiger partial charge in [0.15, 0.2) is 0 Å². The minimum absolute atomic E-state index is 0.891. The molecule has 31 heavy (non-hydrogen) atoms. The van der Waals surface area contributed by atoms with Crippen molar-refractivity contribution in [2.24, 2.45) is 0 Å². The van der Waals surface area contributed by atoms with E-state index < -0.39 is 0 Å². The highest BCUT2D eigenvalue weighted by Gasteiger charge is 2.09. The van der Waals surface area contributed by atoms with Crippen LogP contribution in [0.15, 0.2) is 60.8 Å². The van der Waals surface area contributed by atoms with E-state index in [4.69, 9.17) is 4.98 Å². The fourth-order valence-electron chi connectivity index (χ4n) is 4.01. The zero-order valence-corrected chi connectivity index (χ0v) is 16.9. The number of nitrogens with one attached hydrogen (secondary N) is 2. The Morgan fingerprint density at radius 1 is 0.613 bits per heavy atom. The smallest absolute Gasteiger partial charge is 0.0659 e. The first-order chi connectivity index (χ1) is 15.2. The third kappa shape index (κ3) is 3.36. The standard InChI is InChI=1S/C26H19N5/c1-16-24(3-2-10-27-16)25-14-23-13-21-7-6-19(29-21)11-17-4-5-18(28-17)12-20-8-9-22(30-20)15-26(25)31-23/h2-15,29,31H,1H3. The predicted molar refractivity (Wildman–Crippen MR) is 127 cm³/mol. The van der Waals surface area contributed by atoms with Crippen LogP contribution in [0, 0.1) is 6.92 Å². The molecule has 0 spiro atoms. The molecule has 0 fully saturated rings. The van der Waals surface area contributed by atoms with E-state index in [0.717, 1.165) is 61.7 Å². The van der Waals surface area contributed by atoms with Crippen LogP contribution in [0.2, 0.25) is 0 Å². The topological polar surface area (TPSA) is 70.2 Å². The van der Waals surface area contributed by atoms with Crippen LogP contribution in [0.4, 0.5) is 0 Å². The molecule has 0 amide bonds. The summed E-state index contributed by atoms with van der Waals surface area (Å²) in [6.45, 7) is 2.03. The number of hydrogen-bond donors (Lipinski definition) is 2. The molecule has 2 aliphatic rings. The largest absolute Gasteiger partial charge is 0.355 e. The first-order valence-electron chi connectivity index (χ1n) is 10.2. The van der Waals surface area contributed by atoms with E-state index in [-0.39, 0.29) is 0 Å². The lowest BCUT2D eigenvalue weighted by molar-refractivity contribution is 1.21. The summed E-state index contributed by atoms with van der Waals surface area (Å²) >= 11 is 0. The van der Waals surface area contributed by atoms with Crippen molar-refractivity contribution in [2.45, 2.75) is 6.92 Å². The van der Waals surface area contributed by atoms with Gasteiger partial charge in [0.1, 0.15) is 0 Å². The lowest BCUT2D eigenvalue weighted by Crippen LogP contribution is -1.85. The summed E-state index contributed by atoms with van der Waals surface area (Å²) in [5, 5.41) is 0. The lowest BCUT2D eigenvalue weighted by atomic mass is 10.1. The van der Waals surface area contributed by atoms with Crippen LogP contribution in [0.25, 0.3) is 57.5 Å². The molecule has 0 saturated carbocycles. The summed E-state index contributed by atoms with van der Waals surface area (Å²) in [4.78, 5) is 20.9. The van der Waals surface area contributed by atoms with E-state index in [1.54, 1.807) is 0 Å². The van der Waals surface area contributed by atoms with E-state index >= 15 is 0 Å². The molecule has 0 saturated heterocycles. The van der Waals surface area contributed by atoms with Crippen LogP contribution < -0.4 is 0 Å². The van der Waals surface area contributed by atoms with Crippen LogP contribution in [-0.4, -0.2) is 24.9 Å². The normalized spacial score (nSPS) is 12.4. The summed E-state index contributed by atoms with van der Waals surface area (Å²) in [6.07, 6.45) is 9.90. The maximum atomic E-state index is 4.76. The average molecular weight is 401 g/mol. The fraction of sp³-hybridized carbons (Fsp3) is 0.0385. The maximum absolute atomic E-state index is 4.76. The molecule has 2 N–H and O–H groups in total. The van der Waals surface area contributed by atoms with Crippen LogP contribution in [0.5, 0.6) is 0 Å². The minimum Gasteiger partial charge on any atom is -0.355 e. The van der Waals surface area contributed by atoms with Gasteiger partial charge in [0.05, 0.1) is 22.8 Å². The molecule has 0 radical (unpaired) electrons. The van der Waals surface area contributed by atoms with Gasteiger partial charge in [0.25, 0.3) is 0 Å². The molecular weight excluding hydrogens is 382 g/mol. The van der Waals surface area contributed by atoms with Gasteiger partial charge in [0, 0.05) is 45.1 Å². The van der Waals surface area contributed by atoms with Crippen LogP contribution in [0.3, 0.4) is 0 Å². The summed E-state index contributed by atoms with van der Waals surface area (Å²) < 4.78 is 0. The second-order valence-corrected chi connectivity index (χ2v) is 7.72. The predicted octanol–water partition coefficient (Wildman–Crippen LogP) is 6.03. The molecule has 148 valence electrons. The number of nitrogens with zero attached hydrogens (tertiary/aromatic N) is 3.